The molecular weight excluding hydrogens is 475 g/mol. The van der Waals surface area contributed by atoms with Crippen LogP contribution in [-0.4, -0.2) is 22.5 Å². The summed E-state index contributed by atoms with van der Waals surface area (Å²) in [4.78, 5) is 25.7. The molecule has 1 aliphatic heterocycles. The van der Waals surface area contributed by atoms with Crippen molar-refractivity contribution in [1.29, 1.82) is 0 Å². The van der Waals surface area contributed by atoms with Gasteiger partial charge in [-0.25, -0.2) is 4.39 Å². The minimum atomic E-state index is -0.499. The largest absolute Gasteiger partial charge is 0.488 e. The number of hydrogen-bond acceptors (Lipinski definition) is 4. The first-order valence-electron chi connectivity index (χ1n) is 9.80. The van der Waals surface area contributed by atoms with Crippen LogP contribution in [0.1, 0.15) is 28.4 Å². The van der Waals surface area contributed by atoms with Crippen LogP contribution < -0.4 is 4.74 Å². The Bertz CT molecular complexity index is 1240. The fourth-order valence-electron chi connectivity index (χ4n) is 3.19. The van der Waals surface area contributed by atoms with Gasteiger partial charge in [-0.3, -0.25) is 9.59 Å². The van der Waals surface area contributed by atoms with E-state index in [1.807, 2.05) is 12.1 Å². The molecule has 0 spiro atoms. The molecule has 5 nitrogen and oxygen atoms in total. The summed E-state index contributed by atoms with van der Waals surface area (Å²) in [6.07, 6.45) is 1.66. The van der Waals surface area contributed by atoms with Crippen LogP contribution in [0, 0.1) is 5.82 Å². The number of imide groups is 1. The zero-order chi connectivity index (χ0) is 22.7. The van der Waals surface area contributed by atoms with E-state index in [4.69, 9.17) is 4.74 Å². The number of amides is 2. The Morgan fingerprint density at radius 3 is 2.53 bits per heavy atom. The van der Waals surface area contributed by atoms with Crippen molar-refractivity contribution in [3.8, 4) is 5.75 Å². The SMILES string of the molecule is CC1=NN(C(=O)c2ccccc2)C(=O)/C1=C/c1cc(Br)ccc1OCc1ccc(F)cc1. The number of benzene rings is 3. The summed E-state index contributed by atoms with van der Waals surface area (Å²) in [5.41, 5.74) is 2.57. The van der Waals surface area contributed by atoms with Gasteiger partial charge in [0, 0.05) is 15.6 Å². The first kappa shape index (κ1) is 21.6. The number of rotatable bonds is 5. The van der Waals surface area contributed by atoms with Crippen molar-refractivity contribution >= 4 is 39.5 Å². The molecule has 2 amide bonds. The minimum Gasteiger partial charge on any atom is -0.488 e. The molecule has 1 aliphatic rings. The van der Waals surface area contributed by atoms with Crippen LogP contribution in [0.4, 0.5) is 4.39 Å². The summed E-state index contributed by atoms with van der Waals surface area (Å²) in [6.45, 7) is 1.91. The summed E-state index contributed by atoms with van der Waals surface area (Å²) in [7, 11) is 0. The van der Waals surface area contributed by atoms with Crippen molar-refractivity contribution in [2.75, 3.05) is 0 Å². The normalized spacial score (nSPS) is 14.6. The van der Waals surface area contributed by atoms with Crippen molar-refractivity contribution in [1.82, 2.24) is 5.01 Å². The van der Waals surface area contributed by atoms with Crippen LogP contribution in [-0.2, 0) is 11.4 Å². The van der Waals surface area contributed by atoms with E-state index < -0.39 is 11.8 Å². The summed E-state index contributed by atoms with van der Waals surface area (Å²) in [5, 5.41) is 5.05. The molecule has 0 fully saturated rings. The van der Waals surface area contributed by atoms with Gasteiger partial charge in [0.05, 0.1) is 11.3 Å². The van der Waals surface area contributed by atoms with E-state index >= 15 is 0 Å². The lowest BCUT2D eigenvalue weighted by atomic mass is 10.1. The fourth-order valence-corrected chi connectivity index (χ4v) is 3.56. The summed E-state index contributed by atoms with van der Waals surface area (Å²) < 4.78 is 19.9. The lowest BCUT2D eigenvalue weighted by molar-refractivity contribution is -0.123. The molecule has 0 atom stereocenters. The maximum Gasteiger partial charge on any atom is 0.283 e. The van der Waals surface area contributed by atoms with Gasteiger partial charge in [0.15, 0.2) is 0 Å². The molecule has 0 saturated heterocycles. The van der Waals surface area contributed by atoms with Crippen molar-refractivity contribution < 1.29 is 18.7 Å². The molecule has 0 unspecified atom stereocenters. The predicted molar refractivity (Wildman–Crippen MR) is 124 cm³/mol. The Labute approximate surface area is 192 Å². The van der Waals surface area contributed by atoms with Gasteiger partial charge < -0.3 is 4.74 Å². The van der Waals surface area contributed by atoms with Gasteiger partial charge in [-0.2, -0.15) is 10.1 Å². The summed E-state index contributed by atoms with van der Waals surface area (Å²) in [5.74, 6) is -0.758. The molecule has 32 heavy (non-hydrogen) atoms. The molecule has 4 rings (SSSR count). The van der Waals surface area contributed by atoms with Gasteiger partial charge in [-0.15, -0.1) is 0 Å². The minimum absolute atomic E-state index is 0.234. The number of hydrazone groups is 1. The highest BCUT2D eigenvalue weighted by atomic mass is 79.9. The van der Waals surface area contributed by atoms with E-state index in [0.717, 1.165) is 15.0 Å². The second-order valence-electron chi connectivity index (χ2n) is 7.13. The maximum atomic E-state index is 13.1. The average molecular weight is 493 g/mol. The number of halogens is 2. The number of hydrogen-bond donors (Lipinski definition) is 0. The van der Waals surface area contributed by atoms with E-state index in [-0.39, 0.29) is 12.4 Å². The number of ether oxygens (including phenoxy) is 1. The van der Waals surface area contributed by atoms with Crippen molar-refractivity contribution in [2.24, 2.45) is 5.10 Å². The highest BCUT2D eigenvalue weighted by molar-refractivity contribution is 9.10. The number of carbonyl (C=O) groups excluding carboxylic acids is 2. The van der Waals surface area contributed by atoms with E-state index in [0.29, 0.717) is 28.2 Å². The van der Waals surface area contributed by atoms with E-state index in [9.17, 15) is 14.0 Å². The van der Waals surface area contributed by atoms with Crippen LogP contribution >= 0.6 is 15.9 Å². The van der Waals surface area contributed by atoms with E-state index in [2.05, 4.69) is 21.0 Å². The van der Waals surface area contributed by atoms with Gasteiger partial charge >= 0.3 is 0 Å². The third kappa shape index (κ3) is 4.68. The Morgan fingerprint density at radius 1 is 1.09 bits per heavy atom. The Kier molecular flexibility index (Phi) is 6.28. The first-order chi connectivity index (χ1) is 15.4. The molecule has 3 aromatic rings. The Morgan fingerprint density at radius 2 is 1.81 bits per heavy atom. The monoisotopic (exact) mass is 492 g/mol. The van der Waals surface area contributed by atoms with Gasteiger partial charge in [0.1, 0.15) is 18.2 Å². The molecule has 1 heterocycles. The molecule has 160 valence electrons. The highest BCUT2D eigenvalue weighted by Gasteiger charge is 2.33. The average Bonchev–Trinajstić information content (AvgIpc) is 3.08. The Balaban J connectivity index is 1.59. The second kappa shape index (κ2) is 9.28. The molecule has 0 aromatic heterocycles. The Hall–Kier alpha value is -3.58. The smallest absolute Gasteiger partial charge is 0.283 e. The van der Waals surface area contributed by atoms with Crippen molar-refractivity contribution in [3.63, 3.8) is 0 Å². The molecular formula is C25H18BrFN2O3. The molecule has 0 aliphatic carbocycles. The highest BCUT2D eigenvalue weighted by Crippen LogP contribution is 2.29. The number of nitrogens with zero attached hydrogens (tertiary/aromatic N) is 2. The third-order valence-electron chi connectivity index (χ3n) is 4.85. The van der Waals surface area contributed by atoms with Crippen LogP contribution in [0.2, 0.25) is 0 Å². The predicted octanol–water partition coefficient (Wildman–Crippen LogP) is 5.61. The second-order valence-corrected chi connectivity index (χ2v) is 8.04. The molecule has 0 saturated carbocycles. The molecule has 0 bridgehead atoms. The van der Waals surface area contributed by atoms with Crippen LogP contribution in [0.5, 0.6) is 5.75 Å². The molecule has 3 aromatic carbocycles. The van der Waals surface area contributed by atoms with E-state index in [1.54, 1.807) is 61.5 Å². The molecule has 0 N–H and O–H groups in total. The first-order valence-corrected chi connectivity index (χ1v) is 10.6. The van der Waals surface area contributed by atoms with Gasteiger partial charge in [0.25, 0.3) is 11.8 Å². The lowest BCUT2D eigenvalue weighted by Crippen LogP contribution is -2.29. The summed E-state index contributed by atoms with van der Waals surface area (Å²) >= 11 is 3.44. The molecule has 0 radical (unpaired) electrons. The quantitative estimate of drug-likeness (QED) is 0.343. The summed E-state index contributed by atoms with van der Waals surface area (Å²) in [6, 6.07) is 20.0. The van der Waals surface area contributed by atoms with Crippen LogP contribution in [0.15, 0.2) is 87.9 Å². The fraction of sp³-hybridized carbons (Fsp3) is 0.0800. The van der Waals surface area contributed by atoms with Gasteiger partial charge in [-0.1, -0.05) is 46.3 Å². The number of carbonyl (C=O) groups is 2. The van der Waals surface area contributed by atoms with E-state index in [1.165, 1.54) is 12.1 Å². The zero-order valence-corrected chi connectivity index (χ0v) is 18.7. The molecule has 7 heteroatoms. The van der Waals surface area contributed by atoms with Crippen LogP contribution in [0.25, 0.3) is 6.08 Å². The zero-order valence-electron chi connectivity index (χ0n) is 17.1. The third-order valence-corrected chi connectivity index (χ3v) is 5.35. The van der Waals surface area contributed by atoms with Gasteiger partial charge in [-0.05, 0) is 61.0 Å². The van der Waals surface area contributed by atoms with Crippen molar-refractivity contribution in [2.45, 2.75) is 13.5 Å². The lowest BCUT2D eigenvalue weighted by Gasteiger charge is -2.11. The topological polar surface area (TPSA) is 59.0 Å². The van der Waals surface area contributed by atoms with Crippen LogP contribution in [0.3, 0.4) is 0 Å². The maximum absolute atomic E-state index is 13.1. The van der Waals surface area contributed by atoms with Crippen molar-refractivity contribution in [3.05, 3.63) is 105 Å². The van der Waals surface area contributed by atoms with Gasteiger partial charge in [0.2, 0.25) is 0 Å². The standard InChI is InChI=1S/C25H18BrFN2O3/c1-16-22(25(31)29(28-16)24(30)18-5-3-2-4-6-18)14-19-13-20(26)9-12-23(19)32-15-17-7-10-21(27)11-8-17/h2-14H,15H2,1H3/b22-14+.